The van der Waals surface area contributed by atoms with Crippen molar-refractivity contribution in [1.82, 2.24) is 0 Å². The molecule has 0 aromatic heterocycles. The van der Waals surface area contributed by atoms with Crippen molar-refractivity contribution in [3.05, 3.63) is 12.2 Å². The van der Waals surface area contributed by atoms with E-state index >= 15 is 0 Å². The van der Waals surface area contributed by atoms with Gasteiger partial charge in [0.15, 0.2) is 6.10 Å². The van der Waals surface area contributed by atoms with Crippen molar-refractivity contribution in [2.24, 2.45) is 0 Å². The van der Waals surface area contributed by atoms with Crippen molar-refractivity contribution in [1.29, 1.82) is 0 Å². The third kappa shape index (κ3) is 51.1. The van der Waals surface area contributed by atoms with Gasteiger partial charge < -0.3 is 14.2 Å². The number of carbonyl (C=O) groups is 3. The van der Waals surface area contributed by atoms with Gasteiger partial charge in [-0.05, 0) is 44.9 Å². The van der Waals surface area contributed by atoms with Gasteiger partial charge in [0.05, 0.1) is 0 Å². The molecule has 378 valence electrons. The minimum atomic E-state index is -0.767. The Labute approximate surface area is 399 Å². The molecule has 0 heterocycles. The first-order valence-electron chi connectivity index (χ1n) is 28.7. The Hall–Kier alpha value is -1.85. The number of rotatable bonds is 53. The maximum absolute atomic E-state index is 12.8. The maximum Gasteiger partial charge on any atom is 0.306 e. The highest BCUT2D eigenvalue weighted by Crippen LogP contribution is 2.17. The smallest absolute Gasteiger partial charge is 0.306 e. The van der Waals surface area contributed by atoms with Gasteiger partial charge in [0.2, 0.25) is 0 Å². The standard InChI is InChI=1S/C58H110O6/c1-4-7-10-13-16-19-21-23-25-27-28-29-30-31-32-34-35-37-39-42-45-48-51-57(60)63-54-55(53-62-56(59)50-47-44-41-18-15-12-9-6-3)64-58(61)52-49-46-43-40-38-36-33-26-24-22-20-17-14-11-8-5-2/h26,33,55H,4-25,27-32,34-54H2,1-3H3/b33-26-. The van der Waals surface area contributed by atoms with Crippen molar-refractivity contribution in [3.63, 3.8) is 0 Å². The third-order valence-electron chi connectivity index (χ3n) is 13.0. The summed E-state index contributed by atoms with van der Waals surface area (Å²) >= 11 is 0. The van der Waals surface area contributed by atoms with E-state index in [1.165, 1.54) is 218 Å². The zero-order valence-corrected chi connectivity index (χ0v) is 43.3. The Morgan fingerprint density at radius 3 is 0.781 bits per heavy atom. The van der Waals surface area contributed by atoms with Gasteiger partial charge in [-0.2, -0.15) is 0 Å². The fourth-order valence-corrected chi connectivity index (χ4v) is 8.68. The maximum atomic E-state index is 12.8. The summed E-state index contributed by atoms with van der Waals surface area (Å²) in [5.41, 5.74) is 0. The fourth-order valence-electron chi connectivity index (χ4n) is 8.68. The average Bonchev–Trinajstić information content (AvgIpc) is 3.29. The van der Waals surface area contributed by atoms with Gasteiger partial charge in [0, 0.05) is 19.3 Å². The van der Waals surface area contributed by atoms with Crippen LogP contribution in [0.4, 0.5) is 0 Å². The summed E-state index contributed by atoms with van der Waals surface area (Å²) < 4.78 is 16.8. The fraction of sp³-hybridized carbons (Fsp3) is 0.914. The van der Waals surface area contributed by atoms with Crippen molar-refractivity contribution < 1.29 is 28.6 Å². The van der Waals surface area contributed by atoms with E-state index in [0.29, 0.717) is 19.3 Å². The SMILES string of the molecule is CCCCCCCCC/C=C\CCCCCCCC(=O)OC(COC(=O)CCCCCCCCCC)COC(=O)CCCCCCCCCCCCCCCCCCCCCCCC. The molecule has 0 rings (SSSR count). The predicted molar refractivity (Wildman–Crippen MR) is 275 cm³/mol. The normalized spacial score (nSPS) is 12.0. The molecule has 0 aliphatic rings. The molecule has 0 amide bonds. The lowest BCUT2D eigenvalue weighted by Gasteiger charge is -2.18. The van der Waals surface area contributed by atoms with Crippen molar-refractivity contribution in [3.8, 4) is 0 Å². The van der Waals surface area contributed by atoms with E-state index in [1.54, 1.807) is 0 Å². The Morgan fingerprint density at radius 1 is 0.297 bits per heavy atom. The van der Waals surface area contributed by atoms with E-state index < -0.39 is 6.10 Å². The molecule has 0 spiro atoms. The van der Waals surface area contributed by atoms with Crippen LogP contribution in [-0.2, 0) is 28.6 Å². The van der Waals surface area contributed by atoms with Crippen molar-refractivity contribution >= 4 is 17.9 Å². The van der Waals surface area contributed by atoms with E-state index in [4.69, 9.17) is 14.2 Å². The monoisotopic (exact) mass is 903 g/mol. The summed E-state index contributed by atoms with van der Waals surface area (Å²) in [4.78, 5) is 37.9. The quantitative estimate of drug-likeness (QED) is 0.0262. The number of carbonyl (C=O) groups excluding carboxylic acids is 3. The van der Waals surface area contributed by atoms with Crippen LogP contribution in [0.3, 0.4) is 0 Å². The van der Waals surface area contributed by atoms with Crippen molar-refractivity contribution in [2.75, 3.05) is 13.2 Å². The first kappa shape index (κ1) is 62.1. The van der Waals surface area contributed by atoms with Crippen LogP contribution in [0.25, 0.3) is 0 Å². The molecule has 0 fully saturated rings. The van der Waals surface area contributed by atoms with E-state index in [9.17, 15) is 14.4 Å². The largest absolute Gasteiger partial charge is 0.462 e. The first-order chi connectivity index (χ1) is 31.5. The van der Waals surface area contributed by atoms with E-state index in [1.807, 2.05) is 0 Å². The van der Waals surface area contributed by atoms with Crippen LogP contribution in [0.1, 0.15) is 323 Å². The third-order valence-corrected chi connectivity index (χ3v) is 13.0. The van der Waals surface area contributed by atoms with E-state index in [2.05, 4.69) is 32.9 Å². The average molecular weight is 904 g/mol. The number of allylic oxidation sites excluding steroid dienone is 2. The second-order valence-corrected chi connectivity index (χ2v) is 19.6. The molecule has 0 aliphatic heterocycles. The number of hydrogen-bond acceptors (Lipinski definition) is 6. The molecule has 1 unspecified atom stereocenters. The Bertz CT molecular complexity index is 993. The summed E-state index contributed by atoms with van der Waals surface area (Å²) in [7, 11) is 0. The molecule has 0 saturated carbocycles. The Morgan fingerprint density at radius 2 is 0.516 bits per heavy atom. The summed E-state index contributed by atoms with van der Waals surface area (Å²) in [5.74, 6) is -0.860. The summed E-state index contributed by atoms with van der Waals surface area (Å²) in [6.07, 6.45) is 60.8. The van der Waals surface area contributed by atoms with Crippen LogP contribution in [0, 0.1) is 0 Å². The lowest BCUT2D eigenvalue weighted by Crippen LogP contribution is -2.30. The van der Waals surface area contributed by atoms with Crippen LogP contribution in [0.5, 0.6) is 0 Å². The molecule has 0 saturated heterocycles. The summed E-state index contributed by atoms with van der Waals surface area (Å²) in [6.45, 7) is 6.65. The molecule has 1 atom stereocenters. The summed E-state index contributed by atoms with van der Waals surface area (Å²) in [5, 5.41) is 0. The van der Waals surface area contributed by atoms with Gasteiger partial charge in [-0.15, -0.1) is 0 Å². The molecule has 6 nitrogen and oxygen atoms in total. The van der Waals surface area contributed by atoms with Crippen molar-refractivity contribution in [2.45, 2.75) is 329 Å². The molecular formula is C58H110O6. The molecule has 0 aromatic carbocycles. The second kappa shape index (κ2) is 53.8. The summed E-state index contributed by atoms with van der Waals surface area (Å²) in [6, 6.07) is 0. The molecule has 6 heteroatoms. The minimum Gasteiger partial charge on any atom is -0.462 e. The van der Waals surface area contributed by atoms with Crippen LogP contribution in [0.2, 0.25) is 0 Å². The van der Waals surface area contributed by atoms with Gasteiger partial charge in [-0.3, -0.25) is 14.4 Å². The van der Waals surface area contributed by atoms with Gasteiger partial charge >= 0.3 is 17.9 Å². The van der Waals surface area contributed by atoms with Crippen LogP contribution < -0.4 is 0 Å². The van der Waals surface area contributed by atoms with E-state index in [-0.39, 0.29) is 31.1 Å². The van der Waals surface area contributed by atoms with Crippen LogP contribution in [-0.4, -0.2) is 37.2 Å². The Balaban J connectivity index is 4.16. The highest BCUT2D eigenvalue weighted by Gasteiger charge is 2.19. The van der Waals surface area contributed by atoms with Gasteiger partial charge in [0.25, 0.3) is 0 Å². The van der Waals surface area contributed by atoms with Gasteiger partial charge in [-0.25, -0.2) is 0 Å². The highest BCUT2D eigenvalue weighted by atomic mass is 16.6. The molecule has 0 N–H and O–H groups in total. The number of ether oxygens (including phenoxy) is 3. The minimum absolute atomic E-state index is 0.0681. The topological polar surface area (TPSA) is 78.9 Å². The van der Waals surface area contributed by atoms with E-state index in [0.717, 1.165) is 64.2 Å². The zero-order valence-electron chi connectivity index (χ0n) is 43.3. The van der Waals surface area contributed by atoms with Gasteiger partial charge in [0.1, 0.15) is 13.2 Å². The van der Waals surface area contributed by atoms with Gasteiger partial charge in [-0.1, -0.05) is 270 Å². The first-order valence-corrected chi connectivity index (χ1v) is 28.7. The molecule has 0 radical (unpaired) electrons. The molecule has 0 aliphatic carbocycles. The lowest BCUT2D eigenvalue weighted by atomic mass is 10.0. The number of hydrogen-bond donors (Lipinski definition) is 0. The van der Waals surface area contributed by atoms with Crippen LogP contribution >= 0.6 is 0 Å². The lowest BCUT2D eigenvalue weighted by molar-refractivity contribution is -0.167. The predicted octanol–water partition coefficient (Wildman–Crippen LogP) is 18.9. The molecule has 64 heavy (non-hydrogen) atoms. The second-order valence-electron chi connectivity index (χ2n) is 19.6. The highest BCUT2D eigenvalue weighted by molar-refractivity contribution is 5.71. The number of esters is 3. The Kier molecular flexibility index (Phi) is 52.2. The molecular weight excluding hydrogens is 793 g/mol. The zero-order chi connectivity index (χ0) is 46.5. The molecule has 0 aromatic rings. The van der Waals surface area contributed by atoms with Crippen LogP contribution in [0.15, 0.2) is 12.2 Å². The number of unbranched alkanes of at least 4 members (excludes halogenated alkanes) is 40. The molecule has 0 bridgehead atoms.